The number of allylic oxidation sites excluding steroid dienone is 2. The van der Waals surface area contributed by atoms with Crippen molar-refractivity contribution in [2.45, 2.75) is 6.42 Å². The number of hydrogen-bond acceptors (Lipinski definition) is 6. The van der Waals surface area contributed by atoms with Gasteiger partial charge < -0.3 is 15.2 Å². The predicted octanol–water partition coefficient (Wildman–Crippen LogP) is 1.56. The number of nitrogens with zero attached hydrogens (tertiary/aromatic N) is 3. The molecule has 0 bridgehead atoms. The van der Waals surface area contributed by atoms with E-state index >= 15 is 0 Å². The van der Waals surface area contributed by atoms with Crippen LogP contribution in [0.25, 0.3) is 0 Å². The van der Waals surface area contributed by atoms with Gasteiger partial charge in [0.2, 0.25) is 0 Å². The highest BCUT2D eigenvalue weighted by Crippen LogP contribution is 2.27. The van der Waals surface area contributed by atoms with E-state index in [0.29, 0.717) is 17.0 Å². The molecule has 0 atom stereocenters. The molecule has 0 unspecified atom stereocenters. The van der Waals surface area contributed by atoms with Gasteiger partial charge in [-0.25, -0.2) is 0 Å². The van der Waals surface area contributed by atoms with Crippen molar-refractivity contribution in [2.24, 2.45) is 0 Å². The Morgan fingerprint density at radius 1 is 1.29 bits per heavy atom. The van der Waals surface area contributed by atoms with Gasteiger partial charge in [0.15, 0.2) is 5.57 Å². The Morgan fingerprint density at radius 3 is 2.43 bits per heavy atom. The summed E-state index contributed by atoms with van der Waals surface area (Å²) in [4.78, 5) is 10.7. The number of carboxylic acids is 1. The number of ether oxygens (including phenoxy) is 1. The molecule has 0 aliphatic heterocycles. The molecule has 7 heteroatoms. The molecule has 0 fully saturated rings. The lowest BCUT2D eigenvalue weighted by atomic mass is 10.1. The number of hydrogen-bond donors (Lipinski definition) is 2. The average Bonchev–Trinajstić information content (AvgIpc) is 2.47. The number of rotatable bonds is 5. The number of methoxy groups -OCH3 is 1. The van der Waals surface area contributed by atoms with Crippen LogP contribution in [-0.2, 0) is 11.2 Å². The molecule has 0 amide bonds. The first kappa shape index (κ1) is 15.6. The summed E-state index contributed by atoms with van der Waals surface area (Å²) in [5.41, 5.74) is 0.184. The molecule has 1 rings (SSSR count). The van der Waals surface area contributed by atoms with Crippen LogP contribution in [-0.4, -0.2) is 18.2 Å². The summed E-state index contributed by atoms with van der Waals surface area (Å²) in [5, 5.41) is 37.9. The van der Waals surface area contributed by atoms with Gasteiger partial charge in [-0.2, -0.15) is 15.8 Å². The minimum Gasteiger partial charge on any atom is -0.495 e. The Morgan fingerprint density at radius 2 is 1.95 bits per heavy atom. The maximum atomic E-state index is 10.7. The Balaban J connectivity index is 3.26. The van der Waals surface area contributed by atoms with Gasteiger partial charge in [-0.1, -0.05) is 6.07 Å². The molecule has 0 saturated heterocycles. The molecule has 0 spiro atoms. The van der Waals surface area contributed by atoms with Crippen LogP contribution in [0.5, 0.6) is 5.75 Å². The van der Waals surface area contributed by atoms with Crippen LogP contribution in [0.1, 0.15) is 5.56 Å². The molecule has 0 aliphatic carbocycles. The Bertz CT molecular complexity index is 701. The summed E-state index contributed by atoms with van der Waals surface area (Å²) >= 11 is 0. The molecule has 0 aliphatic rings. The largest absolute Gasteiger partial charge is 0.495 e. The molecule has 2 N–H and O–H groups in total. The maximum Gasteiger partial charge on any atom is 0.307 e. The molecular weight excluding hydrogens is 272 g/mol. The number of nitrogens with one attached hydrogen (secondary N) is 1. The molecule has 0 saturated carbocycles. The van der Waals surface area contributed by atoms with Crippen LogP contribution < -0.4 is 10.1 Å². The van der Waals surface area contributed by atoms with Crippen molar-refractivity contribution in [3.05, 3.63) is 35.0 Å². The summed E-state index contributed by atoms with van der Waals surface area (Å²) in [6.45, 7) is 0. The number of carboxylic acid groups (broad SMARTS) is 1. The third-order valence-electron chi connectivity index (χ3n) is 2.46. The highest BCUT2D eigenvalue weighted by Gasteiger charge is 2.11. The maximum absolute atomic E-state index is 10.7. The van der Waals surface area contributed by atoms with Crippen LogP contribution in [0.15, 0.2) is 29.5 Å². The van der Waals surface area contributed by atoms with Gasteiger partial charge in [-0.05, 0) is 17.7 Å². The van der Waals surface area contributed by atoms with Crippen molar-refractivity contribution in [2.75, 3.05) is 12.4 Å². The van der Waals surface area contributed by atoms with E-state index in [1.807, 2.05) is 0 Å². The van der Waals surface area contributed by atoms with Gasteiger partial charge in [0, 0.05) is 0 Å². The van der Waals surface area contributed by atoms with E-state index < -0.39 is 5.97 Å². The van der Waals surface area contributed by atoms with Crippen LogP contribution in [0.2, 0.25) is 0 Å². The van der Waals surface area contributed by atoms with E-state index in [4.69, 9.17) is 25.6 Å². The van der Waals surface area contributed by atoms with Gasteiger partial charge >= 0.3 is 5.97 Å². The summed E-state index contributed by atoms with van der Waals surface area (Å²) in [6, 6.07) is 9.52. The van der Waals surface area contributed by atoms with Crippen molar-refractivity contribution in [3.63, 3.8) is 0 Å². The van der Waals surface area contributed by atoms with Crippen LogP contribution >= 0.6 is 0 Å². The summed E-state index contributed by atoms with van der Waals surface area (Å²) in [6.07, 6.45) is -0.201. The minimum atomic E-state index is -1.00. The fourth-order valence-corrected chi connectivity index (χ4v) is 1.56. The quantitative estimate of drug-likeness (QED) is 0.783. The molecule has 0 heterocycles. The van der Waals surface area contributed by atoms with Gasteiger partial charge in [0.1, 0.15) is 29.7 Å². The first-order chi connectivity index (χ1) is 10.0. The molecular formula is C14H10N4O3. The molecule has 21 heavy (non-hydrogen) atoms. The van der Waals surface area contributed by atoms with Crippen molar-refractivity contribution in [3.8, 4) is 24.0 Å². The van der Waals surface area contributed by atoms with Crippen LogP contribution in [0.4, 0.5) is 5.69 Å². The first-order valence-electron chi connectivity index (χ1n) is 5.66. The second-order valence-corrected chi connectivity index (χ2v) is 3.82. The van der Waals surface area contributed by atoms with E-state index in [9.17, 15) is 4.79 Å². The molecule has 104 valence electrons. The fourth-order valence-electron chi connectivity index (χ4n) is 1.56. The van der Waals surface area contributed by atoms with E-state index in [0.717, 1.165) is 0 Å². The van der Waals surface area contributed by atoms with Gasteiger partial charge in [-0.3, -0.25) is 4.79 Å². The zero-order valence-corrected chi connectivity index (χ0v) is 11.0. The second-order valence-electron chi connectivity index (χ2n) is 3.82. The minimum absolute atomic E-state index is 0.201. The summed E-state index contributed by atoms with van der Waals surface area (Å²) in [7, 11) is 1.41. The van der Waals surface area contributed by atoms with Crippen molar-refractivity contribution in [1.82, 2.24) is 0 Å². The smallest absolute Gasteiger partial charge is 0.307 e. The van der Waals surface area contributed by atoms with E-state index in [-0.39, 0.29) is 17.7 Å². The molecule has 0 aromatic heterocycles. The number of nitriles is 3. The molecule has 1 aromatic carbocycles. The fraction of sp³-hybridized carbons (Fsp3) is 0.143. The van der Waals surface area contributed by atoms with E-state index in [1.54, 1.807) is 24.3 Å². The zero-order valence-electron chi connectivity index (χ0n) is 11.0. The SMILES string of the molecule is COc1ccc(CC(=O)O)cc1NC(C#N)=C(C#N)C#N. The van der Waals surface area contributed by atoms with Gasteiger partial charge in [-0.15, -0.1) is 0 Å². The number of carbonyl (C=O) groups is 1. The Kier molecular flexibility index (Phi) is 5.32. The van der Waals surface area contributed by atoms with Crippen molar-refractivity contribution < 1.29 is 14.6 Å². The monoisotopic (exact) mass is 282 g/mol. The summed E-state index contributed by atoms with van der Waals surface area (Å²) < 4.78 is 5.09. The zero-order chi connectivity index (χ0) is 15.8. The number of benzene rings is 1. The van der Waals surface area contributed by atoms with Gasteiger partial charge in [0.05, 0.1) is 19.2 Å². The highest BCUT2D eigenvalue weighted by molar-refractivity contribution is 5.72. The average molecular weight is 282 g/mol. The Labute approximate surface area is 120 Å². The molecule has 7 nitrogen and oxygen atoms in total. The normalized spacial score (nSPS) is 8.67. The number of aliphatic carboxylic acids is 1. The molecule has 1 aromatic rings. The van der Waals surface area contributed by atoms with E-state index in [2.05, 4.69) is 5.32 Å². The third-order valence-corrected chi connectivity index (χ3v) is 2.46. The topological polar surface area (TPSA) is 130 Å². The standard InChI is InChI=1S/C14H10N4O3/c1-21-13-3-2-9(5-14(19)20)4-11(13)18-12(8-17)10(6-15)7-16/h2-4,18H,5H2,1H3,(H,19,20). The van der Waals surface area contributed by atoms with Crippen molar-refractivity contribution >= 4 is 11.7 Å². The lowest BCUT2D eigenvalue weighted by Gasteiger charge is -2.11. The molecule has 0 radical (unpaired) electrons. The lowest BCUT2D eigenvalue weighted by Crippen LogP contribution is -2.05. The first-order valence-corrected chi connectivity index (χ1v) is 5.66. The van der Waals surface area contributed by atoms with Crippen molar-refractivity contribution in [1.29, 1.82) is 15.8 Å². The van der Waals surface area contributed by atoms with E-state index in [1.165, 1.54) is 19.2 Å². The van der Waals surface area contributed by atoms with Crippen LogP contribution in [0, 0.1) is 34.0 Å². The summed E-state index contributed by atoms with van der Waals surface area (Å²) in [5.74, 6) is -0.649. The lowest BCUT2D eigenvalue weighted by molar-refractivity contribution is -0.136. The second kappa shape index (κ2) is 7.18. The Hall–Kier alpha value is -3.50. The van der Waals surface area contributed by atoms with Crippen LogP contribution in [0.3, 0.4) is 0 Å². The predicted molar refractivity (Wildman–Crippen MR) is 71.8 cm³/mol. The highest BCUT2D eigenvalue weighted by atomic mass is 16.5. The third kappa shape index (κ3) is 3.99. The van der Waals surface area contributed by atoms with Gasteiger partial charge in [0.25, 0.3) is 0 Å². The number of anilines is 1.